The van der Waals surface area contributed by atoms with Crippen molar-refractivity contribution < 1.29 is 1.43 Å². The normalized spacial score (nSPS) is 8.30. The van der Waals surface area contributed by atoms with Crippen molar-refractivity contribution >= 4 is 0 Å². The van der Waals surface area contributed by atoms with E-state index in [1.807, 2.05) is 6.20 Å². The second kappa shape index (κ2) is 6.33. The quantitative estimate of drug-likeness (QED) is 0.641. The highest BCUT2D eigenvalue weighted by Gasteiger charge is 1.82. The monoisotopic (exact) mass is 142 g/mol. The van der Waals surface area contributed by atoms with Gasteiger partial charge in [-0.05, 0) is 6.42 Å². The van der Waals surface area contributed by atoms with Crippen LogP contribution in [0.15, 0.2) is 12.5 Å². The first-order valence-electron chi connectivity index (χ1n) is 3.82. The lowest BCUT2D eigenvalue weighted by Gasteiger charge is -1.79. The summed E-state index contributed by atoms with van der Waals surface area (Å²) in [5.41, 5.74) is 1.19. The largest absolute Gasteiger partial charge is 0.349 e. The molecule has 0 saturated heterocycles. The van der Waals surface area contributed by atoms with Gasteiger partial charge in [0.1, 0.15) is 0 Å². The van der Waals surface area contributed by atoms with Crippen molar-refractivity contribution in [3.05, 3.63) is 18.2 Å². The number of hydrogen-bond donors (Lipinski definition) is 1. The van der Waals surface area contributed by atoms with Crippen LogP contribution >= 0.6 is 0 Å². The summed E-state index contributed by atoms with van der Waals surface area (Å²) in [4.78, 5) is 6.81. The Morgan fingerprint density at radius 2 is 2.10 bits per heavy atom. The first kappa shape index (κ1) is 9.21. The average molecular weight is 142 g/mol. The zero-order valence-corrected chi connectivity index (χ0v) is 7.02. The van der Waals surface area contributed by atoms with Crippen LogP contribution < -0.4 is 0 Å². The summed E-state index contributed by atoms with van der Waals surface area (Å²) in [6, 6.07) is 0. The number of aromatic amines is 1. The van der Waals surface area contributed by atoms with Crippen molar-refractivity contribution in [3.63, 3.8) is 0 Å². The highest BCUT2D eigenvalue weighted by molar-refractivity contribution is 4.92. The van der Waals surface area contributed by atoms with Gasteiger partial charge in [-0.25, -0.2) is 4.98 Å². The van der Waals surface area contributed by atoms with Crippen LogP contribution in [0.2, 0.25) is 0 Å². The smallest absolute Gasteiger partial charge is 0.0921 e. The molecule has 0 radical (unpaired) electrons. The maximum absolute atomic E-state index is 3.84. The van der Waals surface area contributed by atoms with Gasteiger partial charge in [0.15, 0.2) is 0 Å². The van der Waals surface area contributed by atoms with E-state index in [0.29, 0.717) is 0 Å². The fraction of sp³-hybridized carbons (Fsp3) is 0.625. The molecule has 60 valence electrons. The number of aromatic nitrogens is 2. The van der Waals surface area contributed by atoms with Crippen LogP contribution in [-0.4, -0.2) is 9.97 Å². The predicted octanol–water partition coefficient (Wildman–Crippen LogP) is 2.63. The Balaban J connectivity index is 0. The molecule has 10 heavy (non-hydrogen) atoms. The van der Waals surface area contributed by atoms with E-state index in [1.165, 1.54) is 12.1 Å². The number of rotatable bonds is 1. The minimum Gasteiger partial charge on any atom is -0.349 e. The van der Waals surface area contributed by atoms with Crippen molar-refractivity contribution in [2.75, 3.05) is 0 Å². The Morgan fingerprint density at radius 3 is 2.30 bits per heavy atom. The van der Waals surface area contributed by atoms with Crippen LogP contribution in [0, 0.1) is 0 Å². The molecule has 0 fully saturated rings. The standard InChI is InChI=1S/C5H8N2.C3H8.H2/c1-2-5-3-6-4-7-5;1-3-2;/h3-4H,2H2,1H3,(H,6,7);3H2,1-2H3;1H. The molecule has 0 bridgehead atoms. The Labute approximate surface area is 64.2 Å². The highest BCUT2D eigenvalue weighted by atomic mass is 14.8. The Kier molecular flexibility index (Phi) is 5.83. The summed E-state index contributed by atoms with van der Waals surface area (Å²) >= 11 is 0. The van der Waals surface area contributed by atoms with E-state index in [9.17, 15) is 0 Å². The van der Waals surface area contributed by atoms with Gasteiger partial charge < -0.3 is 4.98 Å². The number of H-pyrrole nitrogens is 1. The maximum atomic E-state index is 3.84. The summed E-state index contributed by atoms with van der Waals surface area (Å²) < 4.78 is 0. The molecule has 0 unspecified atom stereocenters. The zero-order valence-electron chi connectivity index (χ0n) is 7.02. The number of hydrogen-bond acceptors (Lipinski definition) is 1. The van der Waals surface area contributed by atoms with Crippen LogP contribution in [0.3, 0.4) is 0 Å². The molecule has 0 saturated carbocycles. The summed E-state index contributed by atoms with van der Waals surface area (Å²) in [7, 11) is 0. The van der Waals surface area contributed by atoms with E-state index in [0.717, 1.165) is 6.42 Å². The minimum absolute atomic E-state index is 0. The van der Waals surface area contributed by atoms with Crippen LogP contribution in [0.25, 0.3) is 0 Å². The molecule has 0 amide bonds. The summed E-state index contributed by atoms with van der Waals surface area (Å²) in [5, 5.41) is 0. The molecule has 1 rings (SSSR count). The molecule has 1 aromatic rings. The van der Waals surface area contributed by atoms with Crippen LogP contribution in [0.4, 0.5) is 0 Å². The maximum Gasteiger partial charge on any atom is 0.0921 e. The van der Waals surface area contributed by atoms with E-state index in [2.05, 4.69) is 30.7 Å². The molecule has 0 aliphatic carbocycles. The number of nitrogens with one attached hydrogen (secondary N) is 1. The van der Waals surface area contributed by atoms with Gasteiger partial charge in [0.25, 0.3) is 0 Å². The number of imidazole rings is 1. The molecule has 0 aromatic carbocycles. The number of nitrogens with zero attached hydrogens (tertiary/aromatic N) is 1. The predicted molar refractivity (Wildman–Crippen MR) is 46.0 cm³/mol. The Bertz CT molecular complexity index is 138. The van der Waals surface area contributed by atoms with Crippen LogP contribution in [0.1, 0.15) is 34.3 Å². The lowest BCUT2D eigenvalue weighted by molar-refractivity contribution is 1.06. The molecule has 0 aliphatic heterocycles. The van der Waals surface area contributed by atoms with E-state index in [-0.39, 0.29) is 1.43 Å². The summed E-state index contributed by atoms with van der Waals surface area (Å²) in [5.74, 6) is 0. The molecular weight excluding hydrogens is 124 g/mol. The molecule has 0 aliphatic rings. The molecule has 2 nitrogen and oxygen atoms in total. The fourth-order valence-corrected chi connectivity index (χ4v) is 0.478. The van der Waals surface area contributed by atoms with Gasteiger partial charge in [0, 0.05) is 13.3 Å². The SMILES string of the molecule is CCC.CCc1cnc[nH]1.[HH]. The second-order valence-corrected chi connectivity index (χ2v) is 2.14. The third-order valence-electron chi connectivity index (χ3n) is 0.936. The van der Waals surface area contributed by atoms with Gasteiger partial charge in [-0.3, -0.25) is 0 Å². The van der Waals surface area contributed by atoms with Crippen molar-refractivity contribution in [1.82, 2.24) is 9.97 Å². The lowest BCUT2D eigenvalue weighted by atomic mass is 10.4. The van der Waals surface area contributed by atoms with Crippen molar-refractivity contribution in [1.29, 1.82) is 0 Å². The van der Waals surface area contributed by atoms with E-state index >= 15 is 0 Å². The Morgan fingerprint density at radius 1 is 1.50 bits per heavy atom. The third kappa shape index (κ3) is 4.13. The molecule has 1 N–H and O–H groups in total. The van der Waals surface area contributed by atoms with Gasteiger partial charge in [-0.15, -0.1) is 0 Å². The van der Waals surface area contributed by atoms with Crippen molar-refractivity contribution in [2.45, 2.75) is 33.6 Å². The topological polar surface area (TPSA) is 28.7 Å². The summed E-state index contributed by atoms with van der Waals surface area (Å²) in [6.45, 7) is 6.34. The lowest BCUT2D eigenvalue weighted by Crippen LogP contribution is -1.73. The molecule has 0 spiro atoms. The second-order valence-electron chi connectivity index (χ2n) is 2.14. The van der Waals surface area contributed by atoms with Gasteiger partial charge in [-0.1, -0.05) is 27.2 Å². The highest BCUT2D eigenvalue weighted by Crippen LogP contribution is 1.88. The van der Waals surface area contributed by atoms with E-state index < -0.39 is 0 Å². The van der Waals surface area contributed by atoms with Crippen LogP contribution in [-0.2, 0) is 6.42 Å². The zero-order chi connectivity index (χ0) is 7.82. The minimum atomic E-state index is 0. The van der Waals surface area contributed by atoms with Gasteiger partial charge in [0.2, 0.25) is 0 Å². The van der Waals surface area contributed by atoms with Crippen molar-refractivity contribution in [3.8, 4) is 0 Å². The molecule has 2 heteroatoms. The van der Waals surface area contributed by atoms with Crippen molar-refractivity contribution in [2.24, 2.45) is 0 Å². The molecule has 1 aromatic heterocycles. The molecular formula is C8H18N2. The average Bonchev–Trinajstić information content (AvgIpc) is 2.39. The van der Waals surface area contributed by atoms with Crippen LogP contribution in [0.5, 0.6) is 0 Å². The van der Waals surface area contributed by atoms with Gasteiger partial charge in [-0.2, -0.15) is 0 Å². The van der Waals surface area contributed by atoms with Gasteiger partial charge >= 0.3 is 0 Å². The third-order valence-corrected chi connectivity index (χ3v) is 0.936. The Hall–Kier alpha value is -0.790. The van der Waals surface area contributed by atoms with E-state index in [4.69, 9.17) is 0 Å². The van der Waals surface area contributed by atoms with Gasteiger partial charge in [0.05, 0.1) is 6.33 Å². The molecule has 0 atom stereocenters. The molecule has 1 heterocycles. The fourth-order valence-electron chi connectivity index (χ4n) is 0.478. The number of aryl methyl sites for hydroxylation is 1. The summed E-state index contributed by atoms with van der Waals surface area (Å²) in [6.07, 6.45) is 5.82. The van der Waals surface area contributed by atoms with E-state index in [1.54, 1.807) is 6.33 Å². The first-order valence-corrected chi connectivity index (χ1v) is 3.82. The first-order chi connectivity index (χ1) is 4.85.